The molecule has 0 saturated carbocycles. The van der Waals surface area contributed by atoms with Crippen LogP contribution >= 0.6 is 11.3 Å². The second kappa shape index (κ2) is 8.43. The molecule has 0 bridgehead atoms. The van der Waals surface area contributed by atoms with Crippen LogP contribution < -0.4 is 10.9 Å². The lowest BCUT2D eigenvalue weighted by atomic mass is 10.0. The summed E-state index contributed by atoms with van der Waals surface area (Å²) >= 11 is 1.51. The van der Waals surface area contributed by atoms with Crippen LogP contribution in [0.5, 0.6) is 0 Å². The zero-order valence-corrected chi connectivity index (χ0v) is 17.8. The van der Waals surface area contributed by atoms with Crippen molar-refractivity contribution < 1.29 is 14.0 Å². The zero-order chi connectivity index (χ0) is 21.3. The van der Waals surface area contributed by atoms with E-state index in [1.54, 1.807) is 17.0 Å². The quantitative estimate of drug-likeness (QED) is 0.673. The van der Waals surface area contributed by atoms with Crippen LogP contribution in [0.1, 0.15) is 40.3 Å². The number of fused-ring (bicyclic) bond motifs is 1. The van der Waals surface area contributed by atoms with E-state index >= 15 is 0 Å². The maximum Gasteiger partial charge on any atom is 0.289 e. The Bertz CT molecular complexity index is 1120. The van der Waals surface area contributed by atoms with Gasteiger partial charge in [0.15, 0.2) is 5.76 Å². The molecule has 9 heteroatoms. The van der Waals surface area contributed by atoms with Crippen molar-refractivity contribution in [3.8, 4) is 0 Å². The number of hydrogen-bond donors (Lipinski definition) is 1. The van der Waals surface area contributed by atoms with Crippen molar-refractivity contribution in [3.05, 3.63) is 51.3 Å². The molecular weight excluding hydrogens is 404 g/mol. The largest absolute Gasteiger partial charge is 0.459 e. The van der Waals surface area contributed by atoms with E-state index in [2.05, 4.69) is 10.3 Å². The molecule has 158 valence electrons. The van der Waals surface area contributed by atoms with Crippen molar-refractivity contribution >= 4 is 33.4 Å². The van der Waals surface area contributed by atoms with Crippen LogP contribution in [0.15, 0.2) is 33.9 Å². The predicted molar refractivity (Wildman–Crippen MR) is 114 cm³/mol. The number of piperidine rings is 1. The van der Waals surface area contributed by atoms with E-state index in [1.165, 1.54) is 28.5 Å². The molecule has 0 aromatic carbocycles. The highest BCUT2D eigenvalue weighted by molar-refractivity contribution is 7.18. The number of carbonyl (C=O) groups is 2. The summed E-state index contributed by atoms with van der Waals surface area (Å²) in [5.41, 5.74) is 0.863. The van der Waals surface area contributed by atoms with Crippen molar-refractivity contribution in [3.63, 3.8) is 0 Å². The molecule has 3 aromatic rings. The van der Waals surface area contributed by atoms with Crippen LogP contribution in [-0.2, 0) is 11.3 Å². The van der Waals surface area contributed by atoms with Crippen LogP contribution in [0.25, 0.3) is 10.2 Å². The first kappa shape index (κ1) is 20.3. The zero-order valence-electron chi connectivity index (χ0n) is 17.0. The molecule has 1 N–H and O–H groups in total. The van der Waals surface area contributed by atoms with Gasteiger partial charge in [-0.2, -0.15) is 0 Å². The molecule has 8 nitrogen and oxygen atoms in total. The highest BCUT2D eigenvalue weighted by Crippen LogP contribution is 2.25. The highest BCUT2D eigenvalue weighted by atomic mass is 32.1. The Kier molecular flexibility index (Phi) is 5.72. The Morgan fingerprint density at radius 1 is 1.30 bits per heavy atom. The fourth-order valence-electron chi connectivity index (χ4n) is 3.73. The average molecular weight is 429 g/mol. The van der Waals surface area contributed by atoms with E-state index in [-0.39, 0.29) is 36.4 Å². The Labute approximate surface area is 177 Å². The summed E-state index contributed by atoms with van der Waals surface area (Å²) in [4.78, 5) is 45.4. The van der Waals surface area contributed by atoms with Crippen molar-refractivity contribution in [2.24, 2.45) is 0 Å². The minimum Gasteiger partial charge on any atom is -0.459 e. The molecule has 0 aliphatic carbocycles. The maximum atomic E-state index is 12.7. The normalized spacial score (nSPS) is 14.9. The van der Waals surface area contributed by atoms with Gasteiger partial charge in [-0.25, -0.2) is 4.98 Å². The van der Waals surface area contributed by atoms with E-state index < -0.39 is 0 Å². The third kappa shape index (κ3) is 4.02. The lowest BCUT2D eigenvalue weighted by Gasteiger charge is -2.31. The maximum absolute atomic E-state index is 12.7. The number of aryl methyl sites for hydroxylation is 3. The van der Waals surface area contributed by atoms with Gasteiger partial charge in [0.25, 0.3) is 11.5 Å². The molecule has 30 heavy (non-hydrogen) atoms. The van der Waals surface area contributed by atoms with Crippen LogP contribution in [0.3, 0.4) is 0 Å². The fraction of sp³-hybridized carbons (Fsp3) is 0.429. The molecule has 1 aliphatic rings. The van der Waals surface area contributed by atoms with Gasteiger partial charge in [0, 0.05) is 37.0 Å². The van der Waals surface area contributed by atoms with Crippen molar-refractivity contribution in [1.29, 1.82) is 0 Å². The second-order valence-electron chi connectivity index (χ2n) is 7.57. The van der Waals surface area contributed by atoms with E-state index in [0.29, 0.717) is 37.1 Å². The Hall–Kier alpha value is -2.94. The van der Waals surface area contributed by atoms with Gasteiger partial charge in [-0.3, -0.25) is 19.0 Å². The van der Waals surface area contributed by atoms with Gasteiger partial charge >= 0.3 is 0 Å². The number of hydrogen-bond acceptors (Lipinski definition) is 6. The molecular formula is C21H24N4O4S. The number of aromatic nitrogens is 2. The first-order valence-electron chi connectivity index (χ1n) is 10.0. The topological polar surface area (TPSA) is 97.4 Å². The molecule has 4 rings (SSSR count). The monoisotopic (exact) mass is 428 g/mol. The first-order valence-corrected chi connectivity index (χ1v) is 10.8. The van der Waals surface area contributed by atoms with Crippen LogP contribution in [0, 0.1) is 13.8 Å². The smallest absolute Gasteiger partial charge is 0.289 e. The molecule has 1 fully saturated rings. The number of rotatable bonds is 5. The number of nitrogens with one attached hydrogen (secondary N) is 1. The average Bonchev–Trinajstić information content (AvgIpc) is 3.37. The third-order valence-electron chi connectivity index (χ3n) is 5.61. The predicted octanol–water partition coefficient (Wildman–Crippen LogP) is 2.48. The van der Waals surface area contributed by atoms with Crippen molar-refractivity contribution in [2.75, 3.05) is 13.1 Å². The summed E-state index contributed by atoms with van der Waals surface area (Å²) in [6, 6.07) is 3.38. The summed E-state index contributed by atoms with van der Waals surface area (Å²) in [5.74, 6) is 0.117. The molecule has 0 radical (unpaired) electrons. The lowest BCUT2D eigenvalue weighted by molar-refractivity contribution is -0.122. The van der Waals surface area contributed by atoms with E-state index in [0.717, 1.165) is 15.3 Å². The summed E-state index contributed by atoms with van der Waals surface area (Å²) in [6.07, 6.45) is 4.60. The fourth-order valence-corrected chi connectivity index (χ4v) is 4.72. The first-order chi connectivity index (χ1) is 14.4. The number of amides is 2. The number of carbonyl (C=O) groups excluding carboxylic acids is 2. The SMILES string of the molecule is Cc1sc2ncn(CCC(=O)NC3CCN(C(=O)c4ccco4)CC3)c(=O)c2c1C. The summed E-state index contributed by atoms with van der Waals surface area (Å²) in [7, 11) is 0. The van der Waals surface area contributed by atoms with E-state index in [9.17, 15) is 14.4 Å². The van der Waals surface area contributed by atoms with Gasteiger partial charge in [0.1, 0.15) is 4.83 Å². The third-order valence-corrected chi connectivity index (χ3v) is 6.73. The minimum atomic E-state index is -0.119. The molecule has 2 amide bonds. The standard InChI is InChI=1S/C21H24N4O4S/c1-13-14(2)30-19-18(13)21(28)25(12-22-19)10-7-17(26)23-15-5-8-24(9-6-15)20(27)16-4-3-11-29-16/h3-4,11-12,15H,5-10H2,1-2H3,(H,23,26). The van der Waals surface area contributed by atoms with E-state index in [4.69, 9.17) is 4.42 Å². The molecule has 3 aromatic heterocycles. The van der Waals surface area contributed by atoms with Gasteiger partial charge in [0.05, 0.1) is 18.0 Å². The number of thiophene rings is 1. The highest BCUT2D eigenvalue weighted by Gasteiger charge is 2.25. The van der Waals surface area contributed by atoms with Gasteiger partial charge in [-0.1, -0.05) is 0 Å². The Balaban J connectivity index is 1.29. The number of furan rings is 1. The van der Waals surface area contributed by atoms with Crippen LogP contribution in [0.2, 0.25) is 0 Å². The van der Waals surface area contributed by atoms with Gasteiger partial charge in [-0.15, -0.1) is 11.3 Å². The molecule has 1 saturated heterocycles. The van der Waals surface area contributed by atoms with E-state index in [1.807, 2.05) is 13.8 Å². The van der Waals surface area contributed by atoms with Gasteiger partial charge in [-0.05, 0) is 44.4 Å². The number of likely N-dealkylation sites (tertiary alicyclic amines) is 1. The van der Waals surface area contributed by atoms with Crippen molar-refractivity contribution in [1.82, 2.24) is 19.8 Å². The summed E-state index contributed by atoms with van der Waals surface area (Å²) < 4.78 is 6.67. The van der Waals surface area contributed by atoms with Crippen LogP contribution in [0.4, 0.5) is 0 Å². The molecule has 4 heterocycles. The van der Waals surface area contributed by atoms with Crippen LogP contribution in [-0.4, -0.2) is 45.4 Å². The lowest BCUT2D eigenvalue weighted by Crippen LogP contribution is -2.46. The second-order valence-corrected chi connectivity index (χ2v) is 8.77. The summed E-state index contributed by atoms with van der Waals surface area (Å²) in [6.45, 7) is 5.34. The number of nitrogens with zero attached hydrogens (tertiary/aromatic N) is 3. The van der Waals surface area contributed by atoms with Gasteiger partial charge < -0.3 is 14.6 Å². The minimum absolute atomic E-state index is 0.0252. The molecule has 0 atom stereocenters. The molecule has 1 aliphatic heterocycles. The Morgan fingerprint density at radius 3 is 2.77 bits per heavy atom. The van der Waals surface area contributed by atoms with Gasteiger partial charge in [0.2, 0.25) is 5.91 Å². The summed E-state index contributed by atoms with van der Waals surface area (Å²) in [5, 5.41) is 3.67. The van der Waals surface area contributed by atoms with Crippen molar-refractivity contribution in [2.45, 2.75) is 45.7 Å². The molecule has 0 unspecified atom stereocenters. The Morgan fingerprint density at radius 2 is 2.07 bits per heavy atom. The molecule has 0 spiro atoms.